The minimum Gasteiger partial charge on any atom is -0.394 e. The summed E-state index contributed by atoms with van der Waals surface area (Å²) in [4.78, 5) is 30.7. The molecule has 37 heavy (non-hydrogen) atoms. The molecule has 0 spiro atoms. The summed E-state index contributed by atoms with van der Waals surface area (Å²) in [7, 11) is 0. The second kappa shape index (κ2) is 10.0. The molecular formula is C27H25ClN6O3. The van der Waals surface area contributed by atoms with Crippen LogP contribution in [-0.2, 0) is 0 Å². The van der Waals surface area contributed by atoms with Gasteiger partial charge in [-0.1, -0.05) is 41.9 Å². The molecule has 5 rings (SSSR count). The quantitative estimate of drug-likeness (QED) is 0.292. The lowest BCUT2D eigenvalue weighted by molar-refractivity contribution is 0.0637. The summed E-state index contributed by atoms with van der Waals surface area (Å²) < 4.78 is 1.48. The number of benzene rings is 2. The van der Waals surface area contributed by atoms with Crippen molar-refractivity contribution in [1.29, 1.82) is 0 Å². The van der Waals surface area contributed by atoms with Crippen LogP contribution in [0.25, 0.3) is 16.9 Å². The molecule has 1 aliphatic rings. The fourth-order valence-corrected chi connectivity index (χ4v) is 4.44. The van der Waals surface area contributed by atoms with Gasteiger partial charge in [0.2, 0.25) is 0 Å². The van der Waals surface area contributed by atoms with Crippen molar-refractivity contribution in [3.8, 4) is 16.9 Å². The number of halogens is 1. The molecule has 2 aromatic heterocycles. The maximum absolute atomic E-state index is 13.4. The predicted octanol–water partition coefficient (Wildman–Crippen LogP) is 4.07. The molecule has 188 valence electrons. The zero-order valence-corrected chi connectivity index (χ0v) is 20.6. The number of pyridine rings is 1. The van der Waals surface area contributed by atoms with Crippen molar-refractivity contribution in [1.82, 2.24) is 20.1 Å². The Morgan fingerprint density at radius 2 is 1.81 bits per heavy atom. The van der Waals surface area contributed by atoms with Crippen molar-refractivity contribution >= 4 is 35.1 Å². The van der Waals surface area contributed by atoms with E-state index in [4.69, 9.17) is 17.3 Å². The van der Waals surface area contributed by atoms with Crippen LogP contribution in [0.1, 0.15) is 40.1 Å². The molecule has 0 bridgehead atoms. The van der Waals surface area contributed by atoms with Gasteiger partial charge in [0.25, 0.3) is 11.8 Å². The molecule has 5 N–H and O–H groups in total. The average Bonchev–Trinajstić information content (AvgIpc) is 3.30. The van der Waals surface area contributed by atoms with E-state index < -0.39 is 17.4 Å². The number of nitrogen functional groups attached to an aromatic ring is 1. The number of carbonyl (C=O) groups is 2. The molecular weight excluding hydrogens is 492 g/mol. The Kier molecular flexibility index (Phi) is 6.64. The van der Waals surface area contributed by atoms with Crippen molar-refractivity contribution in [2.24, 2.45) is 0 Å². The molecule has 4 aromatic rings. The normalized spacial score (nSPS) is 14.0. The molecule has 0 atom stereocenters. The zero-order valence-electron chi connectivity index (χ0n) is 19.8. The van der Waals surface area contributed by atoms with Gasteiger partial charge in [-0.05, 0) is 55.7 Å². The first-order chi connectivity index (χ1) is 17.9. The third-order valence-corrected chi connectivity index (χ3v) is 6.78. The molecule has 1 fully saturated rings. The lowest BCUT2D eigenvalue weighted by atomic mass is 9.77. The Morgan fingerprint density at radius 1 is 1.03 bits per heavy atom. The number of aliphatic hydroxyl groups excluding tert-OH is 1. The maximum atomic E-state index is 13.4. The number of nitrogens with one attached hydrogen (secondary N) is 2. The van der Waals surface area contributed by atoms with Crippen LogP contribution >= 0.6 is 11.6 Å². The number of amides is 2. The summed E-state index contributed by atoms with van der Waals surface area (Å²) in [5, 5.41) is 20.2. The van der Waals surface area contributed by atoms with Gasteiger partial charge < -0.3 is 21.5 Å². The third-order valence-electron chi connectivity index (χ3n) is 6.45. The van der Waals surface area contributed by atoms with Gasteiger partial charge in [0.1, 0.15) is 11.6 Å². The van der Waals surface area contributed by atoms with E-state index in [2.05, 4.69) is 20.7 Å². The lowest BCUT2D eigenvalue weighted by Gasteiger charge is -2.40. The van der Waals surface area contributed by atoms with Crippen molar-refractivity contribution in [2.75, 3.05) is 17.7 Å². The number of hydrogen-bond donors (Lipinski definition) is 4. The van der Waals surface area contributed by atoms with E-state index in [0.717, 1.165) is 6.42 Å². The van der Waals surface area contributed by atoms with Gasteiger partial charge >= 0.3 is 0 Å². The smallest absolute Gasteiger partial charge is 0.272 e. The van der Waals surface area contributed by atoms with Gasteiger partial charge in [0.05, 0.1) is 34.1 Å². The first-order valence-electron chi connectivity index (χ1n) is 11.8. The average molecular weight is 517 g/mol. The number of carbonyl (C=O) groups excluding carboxylic acids is 2. The molecule has 1 aliphatic carbocycles. The summed E-state index contributed by atoms with van der Waals surface area (Å²) in [5.74, 6) is -0.255. The summed E-state index contributed by atoms with van der Waals surface area (Å²) in [5.41, 5.74) is 7.46. The number of para-hydroxylation sites is 1. The van der Waals surface area contributed by atoms with Crippen LogP contribution < -0.4 is 16.4 Å². The number of nitrogens with zero attached hydrogens (tertiary/aromatic N) is 3. The van der Waals surface area contributed by atoms with Crippen LogP contribution in [-0.4, -0.2) is 43.8 Å². The van der Waals surface area contributed by atoms with Crippen LogP contribution in [0.15, 0.2) is 72.8 Å². The number of aromatic nitrogens is 3. The van der Waals surface area contributed by atoms with E-state index in [1.807, 2.05) is 30.3 Å². The molecule has 2 aromatic carbocycles. The Bertz CT molecular complexity index is 1460. The second-order valence-electron chi connectivity index (χ2n) is 9.00. The van der Waals surface area contributed by atoms with Crippen molar-refractivity contribution in [3.63, 3.8) is 0 Å². The molecule has 0 radical (unpaired) electrons. The second-order valence-corrected chi connectivity index (χ2v) is 9.41. The van der Waals surface area contributed by atoms with Gasteiger partial charge in [-0.25, -0.2) is 9.67 Å². The highest BCUT2D eigenvalue weighted by Crippen LogP contribution is 2.32. The minimum absolute atomic E-state index is 0.114. The van der Waals surface area contributed by atoms with Crippen molar-refractivity contribution < 1.29 is 14.7 Å². The van der Waals surface area contributed by atoms with E-state index in [1.54, 1.807) is 36.4 Å². The molecule has 0 unspecified atom stereocenters. The number of anilines is 2. The zero-order chi connectivity index (χ0) is 26.0. The van der Waals surface area contributed by atoms with E-state index in [-0.39, 0.29) is 28.7 Å². The van der Waals surface area contributed by atoms with E-state index in [0.29, 0.717) is 35.6 Å². The highest BCUT2D eigenvalue weighted by atomic mass is 35.5. The van der Waals surface area contributed by atoms with Crippen LogP contribution in [0.3, 0.4) is 0 Å². The fraction of sp³-hybridized carbons (Fsp3) is 0.185. The monoisotopic (exact) mass is 516 g/mol. The topological polar surface area (TPSA) is 135 Å². The Labute approximate surface area is 218 Å². The van der Waals surface area contributed by atoms with Crippen LogP contribution in [0.2, 0.25) is 5.02 Å². The largest absolute Gasteiger partial charge is 0.394 e. The molecule has 10 heteroatoms. The first-order valence-corrected chi connectivity index (χ1v) is 12.2. The Hall–Kier alpha value is -4.21. The fourth-order valence-electron chi connectivity index (χ4n) is 4.23. The molecule has 2 heterocycles. The van der Waals surface area contributed by atoms with Gasteiger partial charge in [0, 0.05) is 11.6 Å². The molecule has 0 aliphatic heterocycles. The maximum Gasteiger partial charge on any atom is 0.272 e. The number of rotatable bonds is 7. The highest BCUT2D eigenvalue weighted by Gasteiger charge is 2.38. The summed E-state index contributed by atoms with van der Waals surface area (Å²) in [6, 6.07) is 20.9. The van der Waals surface area contributed by atoms with Crippen LogP contribution in [0, 0.1) is 0 Å². The molecule has 0 saturated heterocycles. The minimum atomic E-state index is -0.625. The van der Waals surface area contributed by atoms with Crippen molar-refractivity contribution in [3.05, 3.63) is 89.1 Å². The summed E-state index contributed by atoms with van der Waals surface area (Å²) in [6.45, 7) is -0.140. The number of aliphatic hydroxyl groups is 1. The predicted molar refractivity (Wildman–Crippen MR) is 142 cm³/mol. The SMILES string of the molecule is Nc1cccc(-c2ccc(Cl)c(C(=O)Nc3cc(C(=O)NC4(CO)CCC4)nn3-c3ccccc3)c2)n1. The van der Waals surface area contributed by atoms with Crippen LogP contribution in [0.4, 0.5) is 11.6 Å². The third kappa shape index (κ3) is 5.04. The molecule has 2 amide bonds. The number of hydrogen-bond acceptors (Lipinski definition) is 6. The Balaban J connectivity index is 1.47. The van der Waals surface area contributed by atoms with Gasteiger partial charge in [0.15, 0.2) is 5.69 Å². The highest BCUT2D eigenvalue weighted by molar-refractivity contribution is 6.34. The van der Waals surface area contributed by atoms with Crippen LogP contribution in [0.5, 0.6) is 0 Å². The van der Waals surface area contributed by atoms with E-state index in [9.17, 15) is 14.7 Å². The first kappa shape index (κ1) is 24.5. The van der Waals surface area contributed by atoms with Gasteiger partial charge in [-0.3, -0.25) is 9.59 Å². The van der Waals surface area contributed by atoms with Gasteiger partial charge in [-0.15, -0.1) is 0 Å². The molecule has 9 nitrogen and oxygen atoms in total. The number of nitrogens with two attached hydrogens (primary N) is 1. The lowest BCUT2D eigenvalue weighted by Crippen LogP contribution is -2.56. The summed E-state index contributed by atoms with van der Waals surface area (Å²) in [6.07, 6.45) is 2.34. The van der Waals surface area contributed by atoms with Gasteiger partial charge in [-0.2, -0.15) is 5.10 Å². The molecule has 1 saturated carbocycles. The van der Waals surface area contributed by atoms with E-state index >= 15 is 0 Å². The van der Waals surface area contributed by atoms with Crippen molar-refractivity contribution in [2.45, 2.75) is 24.8 Å². The summed E-state index contributed by atoms with van der Waals surface area (Å²) >= 11 is 6.38. The van der Waals surface area contributed by atoms with E-state index in [1.165, 1.54) is 10.7 Å². The Morgan fingerprint density at radius 3 is 2.49 bits per heavy atom. The standard InChI is InChI=1S/C27H25ClN6O3/c28-20-11-10-17(21-8-4-9-23(29)30-21)14-19(20)25(36)31-24-15-22(26(37)32-27(16-35)12-5-13-27)33-34(24)18-6-2-1-3-7-18/h1-4,6-11,14-15,35H,5,12-13,16H2,(H2,29,30)(H,31,36)(H,32,37).